The third-order valence-corrected chi connectivity index (χ3v) is 4.69. The Balaban J connectivity index is 1.63. The van der Waals surface area contributed by atoms with E-state index in [9.17, 15) is 4.79 Å². The molecule has 3 aromatic carbocycles. The SMILES string of the molecule is O=Cc1ccc(OCc2ccccc2)cc1-c1ccc2c(c1)CCOC2. The van der Waals surface area contributed by atoms with Gasteiger partial charge in [-0.15, -0.1) is 0 Å². The maximum atomic E-state index is 11.5. The minimum Gasteiger partial charge on any atom is -0.489 e. The quantitative estimate of drug-likeness (QED) is 0.623. The predicted molar refractivity (Wildman–Crippen MR) is 101 cm³/mol. The molecule has 3 aromatic rings. The third-order valence-electron chi connectivity index (χ3n) is 4.69. The van der Waals surface area contributed by atoms with Crippen molar-refractivity contribution < 1.29 is 14.3 Å². The van der Waals surface area contributed by atoms with Gasteiger partial charge in [-0.2, -0.15) is 0 Å². The molecule has 0 saturated carbocycles. The van der Waals surface area contributed by atoms with Crippen LogP contribution in [0.15, 0.2) is 66.7 Å². The molecule has 0 fully saturated rings. The molecule has 0 saturated heterocycles. The number of carbonyl (C=O) groups is 1. The Labute approximate surface area is 153 Å². The van der Waals surface area contributed by atoms with E-state index in [2.05, 4.69) is 18.2 Å². The second-order valence-electron chi connectivity index (χ2n) is 6.43. The van der Waals surface area contributed by atoms with Crippen molar-refractivity contribution >= 4 is 6.29 Å². The van der Waals surface area contributed by atoms with Gasteiger partial charge in [0, 0.05) is 5.56 Å². The van der Waals surface area contributed by atoms with Crippen LogP contribution in [0.2, 0.25) is 0 Å². The van der Waals surface area contributed by atoms with Crippen LogP contribution in [0.1, 0.15) is 27.0 Å². The van der Waals surface area contributed by atoms with Gasteiger partial charge in [0.1, 0.15) is 12.4 Å². The van der Waals surface area contributed by atoms with Crippen molar-refractivity contribution in [2.75, 3.05) is 6.61 Å². The summed E-state index contributed by atoms with van der Waals surface area (Å²) in [5.74, 6) is 0.760. The average Bonchev–Trinajstić information content (AvgIpc) is 2.72. The van der Waals surface area contributed by atoms with Crippen LogP contribution in [0, 0.1) is 0 Å². The molecule has 0 atom stereocenters. The second-order valence-corrected chi connectivity index (χ2v) is 6.43. The van der Waals surface area contributed by atoms with Gasteiger partial charge in [0.2, 0.25) is 0 Å². The highest BCUT2D eigenvalue weighted by Gasteiger charge is 2.13. The number of hydrogen-bond donors (Lipinski definition) is 0. The number of rotatable bonds is 5. The van der Waals surface area contributed by atoms with Gasteiger partial charge in [-0.25, -0.2) is 0 Å². The Hall–Kier alpha value is -2.91. The summed E-state index contributed by atoms with van der Waals surface area (Å²) in [5, 5.41) is 0. The van der Waals surface area contributed by atoms with Crippen LogP contribution < -0.4 is 4.74 Å². The van der Waals surface area contributed by atoms with Gasteiger partial charge in [-0.1, -0.05) is 48.5 Å². The van der Waals surface area contributed by atoms with Crippen LogP contribution in [0.25, 0.3) is 11.1 Å². The summed E-state index contributed by atoms with van der Waals surface area (Å²) in [4.78, 5) is 11.5. The molecule has 3 heteroatoms. The molecule has 1 aliphatic heterocycles. The molecule has 0 spiro atoms. The lowest BCUT2D eigenvalue weighted by Gasteiger charge is -2.18. The first-order chi connectivity index (χ1) is 12.8. The Morgan fingerprint density at radius 1 is 0.962 bits per heavy atom. The third kappa shape index (κ3) is 3.53. The largest absolute Gasteiger partial charge is 0.489 e. The molecule has 0 N–H and O–H groups in total. The van der Waals surface area contributed by atoms with Gasteiger partial charge in [0.15, 0.2) is 6.29 Å². The lowest BCUT2D eigenvalue weighted by Crippen LogP contribution is -2.09. The van der Waals surface area contributed by atoms with Crippen LogP contribution >= 0.6 is 0 Å². The second kappa shape index (κ2) is 7.54. The van der Waals surface area contributed by atoms with Gasteiger partial charge < -0.3 is 9.47 Å². The highest BCUT2D eigenvalue weighted by atomic mass is 16.5. The fraction of sp³-hybridized carbons (Fsp3) is 0.174. The van der Waals surface area contributed by atoms with Crippen LogP contribution in [-0.2, 0) is 24.4 Å². The number of ether oxygens (including phenoxy) is 2. The molecule has 0 unspecified atom stereocenters. The van der Waals surface area contributed by atoms with Crippen molar-refractivity contribution in [3.8, 4) is 16.9 Å². The molecule has 1 aliphatic rings. The average molecular weight is 344 g/mol. The molecule has 0 aromatic heterocycles. The standard InChI is InChI=1S/C23H20O3/c24-14-20-8-9-22(26-15-17-4-2-1-3-5-17)13-23(20)19-6-7-21-16-25-11-10-18(21)12-19/h1-9,12-14H,10-11,15-16H2. The first kappa shape index (κ1) is 16.6. The molecule has 26 heavy (non-hydrogen) atoms. The minimum absolute atomic E-state index is 0.502. The van der Waals surface area contributed by atoms with E-state index in [0.29, 0.717) is 18.8 Å². The van der Waals surface area contributed by atoms with Gasteiger partial charge in [-0.05, 0) is 52.4 Å². The molecule has 4 rings (SSSR count). The van der Waals surface area contributed by atoms with E-state index in [1.165, 1.54) is 11.1 Å². The van der Waals surface area contributed by atoms with Crippen LogP contribution in [0.3, 0.4) is 0 Å². The monoisotopic (exact) mass is 344 g/mol. The highest BCUT2D eigenvalue weighted by molar-refractivity contribution is 5.88. The van der Waals surface area contributed by atoms with Crippen molar-refractivity contribution in [2.45, 2.75) is 19.6 Å². The van der Waals surface area contributed by atoms with Crippen molar-refractivity contribution in [3.05, 3.63) is 89.0 Å². The normalized spacial score (nSPS) is 13.1. The predicted octanol–water partition coefficient (Wildman–Crippen LogP) is 4.82. The summed E-state index contributed by atoms with van der Waals surface area (Å²) in [6.45, 7) is 1.91. The van der Waals surface area contributed by atoms with Gasteiger partial charge >= 0.3 is 0 Å². The summed E-state index contributed by atoms with van der Waals surface area (Å²) >= 11 is 0. The highest BCUT2D eigenvalue weighted by Crippen LogP contribution is 2.30. The molecule has 0 amide bonds. The fourth-order valence-corrected chi connectivity index (χ4v) is 3.25. The van der Waals surface area contributed by atoms with Gasteiger partial charge in [0.05, 0.1) is 13.2 Å². The van der Waals surface area contributed by atoms with Crippen LogP contribution in [0.5, 0.6) is 5.75 Å². The fourth-order valence-electron chi connectivity index (χ4n) is 3.25. The molecule has 3 nitrogen and oxygen atoms in total. The zero-order valence-corrected chi connectivity index (χ0v) is 14.5. The number of aldehydes is 1. The van der Waals surface area contributed by atoms with E-state index in [1.807, 2.05) is 48.5 Å². The maximum Gasteiger partial charge on any atom is 0.150 e. The van der Waals surface area contributed by atoms with E-state index < -0.39 is 0 Å². The molecule has 130 valence electrons. The molecular weight excluding hydrogens is 324 g/mol. The Morgan fingerprint density at radius 2 is 1.85 bits per heavy atom. The van der Waals surface area contributed by atoms with Crippen molar-refractivity contribution in [1.82, 2.24) is 0 Å². The number of hydrogen-bond acceptors (Lipinski definition) is 3. The molecule has 0 bridgehead atoms. The van der Waals surface area contributed by atoms with E-state index in [1.54, 1.807) is 0 Å². The Morgan fingerprint density at radius 3 is 2.69 bits per heavy atom. The lowest BCUT2D eigenvalue weighted by molar-refractivity contribution is 0.110. The lowest BCUT2D eigenvalue weighted by atomic mass is 9.94. The summed E-state index contributed by atoms with van der Waals surface area (Å²) in [6, 6.07) is 22.0. The first-order valence-electron chi connectivity index (χ1n) is 8.79. The smallest absolute Gasteiger partial charge is 0.150 e. The van der Waals surface area contributed by atoms with Crippen molar-refractivity contribution in [1.29, 1.82) is 0 Å². The number of carbonyl (C=O) groups excluding carboxylic acids is 1. The Kier molecular flexibility index (Phi) is 4.80. The minimum atomic E-state index is 0.502. The zero-order chi connectivity index (χ0) is 17.8. The van der Waals surface area contributed by atoms with E-state index in [4.69, 9.17) is 9.47 Å². The number of benzene rings is 3. The molecular formula is C23H20O3. The molecule has 0 radical (unpaired) electrons. The van der Waals surface area contributed by atoms with Crippen molar-refractivity contribution in [2.24, 2.45) is 0 Å². The Bertz CT molecular complexity index is 916. The summed E-state index contributed by atoms with van der Waals surface area (Å²) in [5.41, 5.74) is 6.24. The molecule has 1 heterocycles. The summed E-state index contributed by atoms with van der Waals surface area (Å²) in [7, 11) is 0. The van der Waals surface area contributed by atoms with Crippen molar-refractivity contribution in [3.63, 3.8) is 0 Å². The van der Waals surface area contributed by atoms with E-state index >= 15 is 0 Å². The van der Waals surface area contributed by atoms with E-state index in [0.717, 1.165) is 41.8 Å². The molecule has 0 aliphatic carbocycles. The van der Waals surface area contributed by atoms with Gasteiger partial charge in [0.25, 0.3) is 0 Å². The first-order valence-corrected chi connectivity index (χ1v) is 8.79. The zero-order valence-electron chi connectivity index (χ0n) is 14.5. The maximum absolute atomic E-state index is 11.5. The number of fused-ring (bicyclic) bond motifs is 1. The summed E-state index contributed by atoms with van der Waals surface area (Å²) in [6.07, 6.45) is 1.81. The van der Waals surface area contributed by atoms with Crippen LogP contribution in [0.4, 0.5) is 0 Å². The topological polar surface area (TPSA) is 35.5 Å². The van der Waals surface area contributed by atoms with Crippen LogP contribution in [-0.4, -0.2) is 12.9 Å². The van der Waals surface area contributed by atoms with E-state index in [-0.39, 0.29) is 0 Å². The summed E-state index contributed by atoms with van der Waals surface area (Å²) < 4.78 is 11.4. The van der Waals surface area contributed by atoms with Gasteiger partial charge in [-0.3, -0.25) is 4.79 Å².